The maximum Gasteiger partial charge on any atom is 0.163 e. The SMILES string of the molecule is CC(=O)C(Br)c1cccc(F)c1F. The van der Waals surface area contributed by atoms with Crippen LogP contribution in [0.1, 0.15) is 17.3 Å². The molecule has 0 aliphatic rings. The van der Waals surface area contributed by atoms with Gasteiger partial charge in [0.15, 0.2) is 11.6 Å². The van der Waals surface area contributed by atoms with Gasteiger partial charge in [0.2, 0.25) is 0 Å². The molecule has 70 valence electrons. The van der Waals surface area contributed by atoms with Gasteiger partial charge in [-0.3, -0.25) is 4.79 Å². The van der Waals surface area contributed by atoms with E-state index in [1.165, 1.54) is 19.1 Å². The van der Waals surface area contributed by atoms with Crippen LogP contribution >= 0.6 is 15.9 Å². The average Bonchev–Trinajstić information content (AvgIpc) is 2.08. The van der Waals surface area contributed by atoms with E-state index in [-0.39, 0.29) is 11.3 Å². The van der Waals surface area contributed by atoms with Crippen LogP contribution in [0.3, 0.4) is 0 Å². The lowest BCUT2D eigenvalue weighted by atomic mass is 10.1. The normalized spacial score (nSPS) is 12.6. The first-order chi connectivity index (χ1) is 6.04. The fourth-order valence-corrected chi connectivity index (χ4v) is 1.29. The van der Waals surface area contributed by atoms with Gasteiger partial charge < -0.3 is 0 Å². The fraction of sp³-hybridized carbons (Fsp3) is 0.222. The van der Waals surface area contributed by atoms with Gasteiger partial charge in [-0.15, -0.1) is 0 Å². The van der Waals surface area contributed by atoms with E-state index in [0.717, 1.165) is 6.07 Å². The molecule has 4 heteroatoms. The molecule has 0 saturated heterocycles. The Morgan fingerprint density at radius 3 is 2.62 bits per heavy atom. The summed E-state index contributed by atoms with van der Waals surface area (Å²) in [6, 6.07) is 3.75. The van der Waals surface area contributed by atoms with Crippen molar-refractivity contribution in [2.24, 2.45) is 0 Å². The van der Waals surface area contributed by atoms with Gasteiger partial charge in [0.25, 0.3) is 0 Å². The zero-order valence-corrected chi connectivity index (χ0v) is 8.44. The highest BCUT2D eigenvalue weighted by Crippen LogP contribution is 2.26. The minimum atomic E-state index is -0.973. The Morgan fingerprint density at radius 1 is 1.46 bits per heavy atom. The van der Waals surface area contributed by atoms with E-state index in [0.29, 0.717) is 0 Å². The topological polar surface area (TPSA) is 17.1 Å². The number of hydrogen-bond donors (Lipinski definition) is 0. The van der Waals surface area contributed by atoms with E-state index in [1.807, 2.05) is 0 Å². The molecule has 0 aromatic heterocycles. The van der Waals surface area contributed by atoms with Crippen LogP contribution in [-0.4, -0.2) is 5.78 Å². The molecule has 1 aromatic rings. The molecular formula is C9H7BrF2O. The number of carbonyl (C=O) groups is 1. The summed E-state index contributed by atoms with van der Waals surface area (Å²) in [5.41, 5.74) is 0.0347. The van der Waals surface area contributed by atoms with E-state index < -0.39 is 16.5 Å². The molecule has 0 aliphatic heterocycles. The molecule has 0 saturated carbocycles. The molecule has 1 aromatic carbocycles. The Morgan fingerprint density at radius 2 is 2.08 bits per heavy atom. The third-order valence-electron chi connectivity index (χ3n) is 1.61. The zero-order chi connectivity index (χ0) is 10.0. The fourth-order valence-electron chi connectivity index (χ4n) is 0.935. The van der Waals surface area contributed by atoms with Gasteiger partial charge >= 0.3 is 0 Å². The molecule has 13 heavy (non-hydrogen) atoms. The van der Waals surface area contributed by atoms with Crippen LogP contribution in [0.15, 0.2) is 18.2 Å². The van der Waals surface area contributed by atoms with Gasteiger partial charge in [-0.1, -0.05) is 28.1 Å². The number of hydrogen-bond acceptors (Lipinski definition) is 1. The quantitative estimate of drug-likeness (QED) is 0.736. The molecule has 0 radical (unpaired) electrons. The minimum absolute atomic E-state index is 0.0347. The second kappa shape index (κ2) is 3.96. The van der Waals surface area contributed by atoms with E-state index in [4.69, 9.17) is 0 Å². The van der Waals surface area contributed by atoms with Gasteiger partial charge in [-0.25, -0.2) is 8.78 Å². The van der Waals surface area contributed by atoms with E-state index in [1.54, 1.807) is 0 Å². The zero-order valence-electron chi connectivity index (χ0n) is 6.85. The summed E-state index contributed by atoms with van der Waals surface area (Å²) in [5, 5.41) is 0. The third-order valence-corrected chi connectivity index (χ3v) is 2.75. The molecule has 0 heterocycles. The third kappa shape index (κ3) is 2.12. The Kier molecular flexibility index (Phi) is 3.14. The number of carbonyl (C=O) groups excluding carboxylic acids is 1. The Bertz CT molecular complexity index is 338. The minimum Gasteiger partial charge on any atom is -0.298 e. The largest absolute Gasteiger partial charge is 0.298 e. The number of ketones is 1. The van der Waals surface area contributed by atoms with E-state index in [2.05, 4.69) is 15.9 Å². The summed E-state index contributed by atoms with van der Waals surface area (Å²) in [7, 11) is 0. The first-order valence-corrected chi connectivity index (χ1v) is 4.54. The first kappa shape index (κ1) is 10.3. The van der Waals surface area contributed by atoms with Crippen LogP contribution in [0.25, 0.3) is 0 Å². The van der Waals surface area contributed by atoms with Crippen LogP contribution in [-0.2, 0) is 4.79 Å². The average molecular weight is 249 g/mol. The number of halogens is 3. The lowest BCUT2D eigenvalue weighted by molar-refractivity contribution is -0.116. The summed E-state index contributed by atoms with van der Waals surface area (Å²) < 4.78 is 25.8. The molecule has 1 unspecified atom stereocenters. The number of rotatable bonds is 2. The Balaban J connectivity index is 3.15. The maximum absolute atomic E-state index is 13.1. The molecule has 1 rings (SSSR count). The predicted octanol–water partition coefficient (Wildman–Crippen LogP) is 2.99. The highest BCUT2D eigenvalue weighted by Gasteiger charge is 2.18. The van der Waals surface area contributed by atoms with Crippen molar-refractivity contribution in [2.75, 3.05) is 0 Å². The summed E-state index contributed by atoms with van der Waals surface area (Å²) in [6.07, 6.45) is 0. The van der Waals surface area contributed by atoms with Gasteiger partial charge in [0.05, 0.1) is 0 Å². The summed E-state index contributed by atoms with van der Waals surface area (Å²) in [4.78, 5) is 10.1. The van der Waals surface area contributed by atoms with E-state index in [9.17, 15) is 13.6 Å². The second-order valence-electron chi connectivity index (χ2n) is 2.62. The lowest BCUT2D eigenvalue weighted by Gasteiger charge is -2.07. The van der Waals surface area contributed by atoms with Crippen molar-refractivity contribution in [3.05, 3.63) is 35.4 Å². The van der Waals surface area contributed by atoms with Crippen LogP contribution < -0.4 is 0 Å². The molecule has 0 bridgehead atoms. The van der Waals surface area contributed by atoms with Crippen LogP contribution in [0.5, 0.6) is 0 Å². The number of benzene rings is 1. The van der Waals surface area contributed by atoms with Crippen molar-refractivity contribution < 1.29 is 13.6 Å². The van der Waals surface area contributed by atoms with Crippen LogP contribution in [0.2, 0.25) is 0 Å². The van der Waals surface area contributed by atoms with Gasteiger partial charge in [-0.2, -0.15) is 0 Å². The molecule has 0 aliphatic carbocycles. The Hall–Kier alpha value is -0.770. The predicted molar refractivity (Wildman–Crippen MR) is 48.7 cm³/mol. The summed E-state index contributed by atoms with van der Waals surface area (Å²) >= 11 is 2.98. The molecule has 0 fully saturated rings. The molecule has 1 atom stereocenters. The van der Waals surface area contributed by atoms with Crippen molar-refractivity contribution >= 4 is 21.7 Å². The van der Waals surface area contributed by atoms with Crippen molar-refractivity contribution in [3.8, 4) is 0 Å². The maximum atomic E-state index is 13.1. The first-order valence-electron chi connectivity index (χ1n) is 3.62. The second-order valence-corrected chi connectivity index (χ2v) is 3.53. The summed E-state index contributed by atoms with van der Waals surface area (Å²) in [5.74, 6) is -2.17. The van der Waals surface area contributed by atoms with Crippen LogP contribution in [0, 0.1) is 11.6 Å². The van der Waals surface area contributed by atoms with E-state index >= 15 is 0 Å². The van der Waals surface area contributed by atoms with Crippen molar-refractivity contribution in [3.63, 3.8) is 0 Å². The molecule has 1 nitrogen and oxygen atoms in total. The molecular weight excluding hydrogens is 242 g/mol. The standard InChI is InChI=1S/C9H7BrF2O/c1-5(13)8(10)6-3-2-4-7(11)9(6)12/h2-4,8H,1H3. The van der Waals surface area contributed by atoms with Crippen molar-refractivity contribution in [1.29, 1.82) is 0 Å². The monoisotopic (exact) mass is 248 g/mol. The van der Waals surface area contributed by atoms with Gasteiger partial charge in [0, 0.05) is 5.56 Å². The van der Waals surface area contributed by atoms with Crippen LogP contribution in [0.4, 0.5) is 8.78 Å². The number of alkyl halides is 1. The summed E-state index contributed by atoms with van der Waals surface area (Å²) in [6.45, 7) is 1.31. The smallest absolute Gasteiger partial charge is 0.163 e. The van der Waals surface area contributed by atoms with Gasteiger partial charge in [-0.05, 0) is 13.0 Å². The van der Waals surface area contributed by atoms with Crippen molar-refractivity contribution in [1.82, 2.24) is 0 Å². The number of Topliss-reactive ketones (excluding diaryl/α,β-unsaturated/α-hetero) is 1. The molecule has 0 spiro atoms. The molecule has 0 N–H and O–H groups in total. The Labute approximate surface area is 82.9 Å². The lowest BCUT2D eigenvalue weighted by Crippen LogP contribution is -2.04. The highest BCUT2D eigenvalue weighted by molar-refractivity contribution is 9.09. The molecule has 0 amide bonds. The van der Waals surface area contributed by atoms with Crippen molar-refractivity contribution in [2.45, 2.75) is 11.8 Å². The highest BCUT2D eigenvalue weighted by atomic mass is 79.9. The van der Waals surface area contributed by atoms with Gasteiger partial charge in [0.1, 0.15) is 10.6 Å².